The number of fused-ring (bicyclic) bond motifs is 1. The third-order valence-electron chi connectivity index (χ3n) is 4.13. The van der Waals surface area contributed by atoms with E-state index >= 15 is 0 Å². The van der Waals surface area contributed by atoms with E-state index in [0.717, 1.165) is 20.1 Å². The molecule has 0 unspecified atom stereocenters. The van der Waals surface area contributed by atoms with Crippen molar-refractivity contribution in [1.82, 2.24) is 4.98 Å². The first-order valence-electron chi connectivity index (χ1n) is 8.28. The summed E-state index contributed by atoms with van der Waals surface area (Å²) < 4.78 is 1.07. The van der Waals surface area contributed by atoms with Gasteiger partial charge in [-0.25, -0.2) is 4.98 Å². The lowest BCUT2D eigenvalue weighted by Crippen LogP contribution is -2.11. The topological polar surface area (TPSA) is 62.2 Å². The highest BCUT2D eigenvalue weighted by atomic mass is 32.2. The number of aromatic hydroxyl groups is 1. The van der Waals surface area contributed by atoms with Crippen molar-refractivity contribution in [2.45, 2.75) is 4.90 Å². The van der Waals surface area contributed by atoms with Crippen molar-refractivity contribution < 1.29 is 9.90 Å². The molecule has 0 spiro atoms. The lowest BCUT2D eigenvalue weighted by Gasteiger charge is -2.08. The van der Waals surface area contributed by atoms with Crippen LogP contribution in [0.3, 0.4) is 0 Å². The number of amides is 1. The monoisotopic (exact) mass is 392 g/mol. The molecule has 1 aromatic heterocycles. The predicted octanol–water partition coefficient (Wildman–Crippen LogP) is 5.64. The highest BCUT2D eigenvalue weighted by Crippen LogP contribution is 2.36. The number of nitrogens with zero attached hydrogens (tertiary/aromatic N) is 1. The second-order valence-corrected chi connectivity index (χ2v) is 7.81. The summed E-state index contributed by atoms with van der Waals surface area (Å²) >= 11 is 3.15. The lowest BCUT2D eigenvalue weighted by molar-refractivity contribution is 0.102. The molecule has 2 N–H and O–H groups in total. The third kappa shape index (κ3) is 3.67. The highest BCUT2D eigenvalue weighted by molar-refractivity contribution is 7.98. The number of thioether (sulfide) groups is 1. The number of phenols is 1. The largest absolute Gasteiger partial charge is 0.507 e. The van der Waals surface area contributed by atoms with E-state index in [1.807, 2.05) is 42.7 Å². The van der Waals surface area contributed by atoms with Gasteiger partial charge in [0.15, 0.2) is 0 Å². The Morgan fingerprint density at radius 1 is 1.07 bits per heavy atom. The zero-order chi connectivity index (χ0) is 18.8. The van der Waals surface area contributed by atoms with Crippen molar-refractivity contribution in [3.8, 4) is 16.3 Å². The summed E-state index contributed by atoms with van der Waals surface area (Å²) in [5, 5.41) is 14.0. The standard InChI is InChI=1S/C21H16N2O2S2/c1-26-15-9-6-13(7-10-15)20(25)22-14-8-11-16(18(24)12-14)21-23-17-4-2-3-5-19(17)27-21/h2-12,24H,1H3,(H,22,25). The Kier molecular flexibility index (Phi) is 4.83. The molecule has 0 atom stereocenters. The Hall–Kier alpha value is -2.83. The van der Waals surface area contributed by atoms with Gasteiger partial charge in [0.2, 0.25) is 0 Å². The number of rotatable bonds is 4. The molecule has 1 amide bonds. The van der Waals surface area contributed by atoms with Crippen LogP contribution in [0.2, 0.25) is 0 Å². The van der Waals surface area contributed by atoms with Crippen LogP contribution in [0.25, 0.3) is 20.8 Å². The molecule has 0 saturated carbocycles. The smallest absolute Gasteiger partial charge is 0.255 e. The number of thiazole rings is 1. The first-order valence-corrected chi connectivity index (χ1v) is 10.3. The van der Waals surface area contributed by atoms with Crippen LogP contribution in [0.15, 0.2) is 71.6 Å². The average Bonchev–Trinajstić information content (AvgIpc) is 3.12. The normalized spacial score (nSPS) is 10.9. The van der Waals surface area contributed by atoms with Crippen molar-refractivity contribution >= 4 is 44.9 Å². The molecule has 1 heterocycles. The second kappa shape index (κ2) is 7.42. The fraction of sp³-hybridized carbons (Fsp3) is 0.0476. The zero-order valence-corrected chi connectivity index (χ0v) is 16.1. The Bertz CT molecular complexity index is 1090. The van der Waals surface area contributed by atoms with E-state index in [1.165, 1.54) is 11.3 Å². The summed E-state index contributed by atoms with van der Waals surface area (Å²) in [7, 11) is 0. The summed E-state index contributed by atoms with van der Waals surface area (Å²) in [5.41, 5.74) is 2.67. The number of aromatic nitrogens is 1. The summed E-state index contributed by atoms with van der Waals surface area (Å²) in [6.45, 7) is 0. The molecule has 6 heteroatoms. The molecule has 0 radical (unpaired) electrons. The Morgan fingerprint density at radius 2 is 1.85 bits per heavy atom. The van der Waals surface area contributed by atoms with E-state index in [-0.39, 0.29) is 11.7 Å². The van der Waals surface area contributed by atoms with Gasteiger partial charge >= 0.3 is 0 Å². The number of carbonyl (C=O) groups is 1. The number of benzene rings is 3. The Balaban J connectivity index is 1.56. The molecule has 0 aliphatic heterocycles. The van der Waals surface area contributed by atoms with Crippen LogP contribution in [-0.2, 0) is 0 Å². The van der Waals surface area contributed by atoms with Crippen molar-refractivity contribution in [2.24, 2.45) is 0 Å². The first kappa shape index (κ1) is 17.6. The molecule has 3 aromatic carbocycles. The number of carbonyl (C=O) groups excluding carboxylic acids is 1. The van der Waals surface area contributed by atoms with Gasteiger partial charge in [-0.1, -0.05) is 12.1 Å². The highest BCUT2D eigenvalue weighted by Gasteiger charge is 2.12. The molecule has 0 fully saturated rings. The van der Waals surface area contributed by atoms with Crippen molar-refractivity contribution in [3.63, 3.8) is 0 Å². The minimum Gasteiger partial charge on any atom is -0.507 e. The van der Waals surface area contributed by atoms with E-state index in [2.05, 4.69) is 10.3 Å². The van der Waals surface area contributed by atoms with Crippen LogP contribution < -0.4 is 5.32 Å². The van der Waals surface area contributed by atoms with Gasteiger partial charge in [0.05, 0.1) is 15.8 Å². The Labute approximate surface area is 164 Å². The molecule has 0 aliphatic carbocycles. The van der Waals surface area contributed by atoms with Crippen LogP contribution in [-0.4, -0.2) is 22.3 Å². The first-order chi connectivity index (χ1) is 13.1. The fourth-order valence-electron chi connectivity index (χ4n) is 2.72. The van der Waals surface area contributed by atoms with Crippen LogP contribution in [0.4, 0.5) is 5.69 Å². The van der Waals surface area contributed by atoms with Crippen LogP contribution in [0.5, 0.6) is 5.75 Å². The molecule has 0 saturated heterocycles. The number of para-hydroxylation sites is 1. The number of nitrogens with one attached hydrogen (secondary N) is 1. The maximum absolute atomic E-state index is 12.4. The summed E-state index contributed by atoms with van der Waals surface area (Å²) in [5.74, 6) is -0.126. The van der Waals surface area contributed by atoms with Gasteiger partial charge in [0.1, 0.15) is 10.8 Å². The van der Waals surface area contributed by atoms with Crippen LogP contribution >= 0.6 is 23.1 Å². The minimum absolute atomic E-state index is 0.0876. The SMILES string of the molecule is CSc1ccc(C(=O)Nc2ccc(-c3nc4ccccc4s3)c(O)c2)cc1. The van der Waals surface area contributed by atoms with E-state index in [0.29, 0.717) is 16.8 Å². The molecule has 4 nitrogen and oxygen atoms in total. The lowest BCUT2D eigenvalue weighted by atomic mass is 10.1. The van der Waals surface area contributed by atoms with E-state index < -0.39 is 0 Å². The van der Waals surface area contributed by atoms with Gasteiger partial charge in [0, 0.05) is 22.2 Å². The molecule has 0 aliphatic rings. The summed E-state index contributed by atoms with van der Waals surface area (Å²) in [6.07, 6.45) is 1.99. The van der Waals surface area contributed by atoms with Gasteiger partial charge in [-0.2, -0.15) is 0 Å². The quantitative estimate of drug-likeness (QED) is 0.441. The van der Waals surface area contributed by atoms with E-state index in [9.17, 15) is 9.90 Å². The van der Waals surface area contributed by atoms with E-state index in [1.54, 1.807) is 42.1 Å². The maximum atomic E-state index is 12.4. The molecule has 4 rings (SSSR count). The third-order valence-corrected chi connectivity index (χ3v) is 5.95. The summed E-state index contributed by atoms with van der Waals surface area (Å²) in [6, 6.07) is 20.4. The van der Waals surface area contributed by atoms with Crippen LogP contribution in [0, 0.1) is 0 Å². The van der Waals surface area contributed by atoms with Gasteiger partial charge in [-0.05, 0) is 54.8 Å². The van der Waals surface area contributed by atoms with Crippen LogP contribution in [0.1, 0.15) is 10.4 Å². The van der Waals surface area contributed by atoms with Gasteiger partial charge in [0.25, 0.3) is 5.91 Å². The molecular weight excluding hydrogens is 376 g/mol. The average molecular weight is 393 g/mol. The molecule has 27 heavy (non-hydrogen) atoms. The maximum Gasteiger partial charge on any atom is 0.255 e. The second-order valence-electron chi connectivity index (χ2n) is 5.90. The van der Waals surface area contributed by atoms with Gasteiger partial charge in [-0.3, -0.25) is 4.79 Å². The number of phenolic OH excluding ortho intramolecular Hbond substituents is 1. The van der Waals surface area contributed by atoms with Crippen molar-refractivity contribution in [3.05, 3.63) is 72.3 Å². The molecular formula is C21H16N2O2S2. The number of hydrogen-bond acceptors (Lipinski definition) is 5. The fourth-order valence-corrected chi connectivity index (χ4v) is 4.13. The number of anilines is 1. The van der Waals surface area contributed by atoms with Crippen molar-refractivity contribution in [1.29, 1.82) is 0 Å². The molecule has 134 valence electrons. The predicted molar refractivity (Wildman–Crippen MR) is 113 cm³/mol. The minimum atomic E-state index is -0.213. The summed E-state index contributed by atoms with van der Waals surface area (Å²) in [4.78, 5) is 18.1. The van der Waals surface area contributed by atoms with Crippen molar-refractivity contribution in [2.75, 3.05) is 11.6 Å². The van der Waals surface area contributed by atoms with E-state index in [4.69, 9.17) is 0 Å². The molecule has 0 bridgehead atoms. The zero-order valence-electron chi connectivity index (χ0n) is 14.5. The molecule has 4 aromatic rings. The number of hydrogen-bond donors (Lipinski definition) is 2. The Morgan fingerprint density at radius 3 is 2.56 bits per heavy atom. The van der Waals surface area contributed by atoms with Gasteiger partial charge in [-0.15, -0.1) is 23.1 Å². The van der Waals surface area contributed by atoms with Gasteiger partial charge < -0.3 is 10.4 Å².